The first-order valence-electron chi connectivity index (χ1n) is 6.47. The lowest BCUT2D eigenvalue weighted by atomic mass is 10.2. The molecular formula is C15H15BrN2OS. The average Bonchev–Trinajstić information content (AvgIpc) is 3.01. The third-order valence-electron chi connectivity index (χ3n) is 3.25. The Balaban J connectivity index is 2.08. The highest BCUT2D eigenvalue weighted by atomic mass is 79.9. The van der Waals surface area contributed by atoms with Crippen LogP contribution in [0.1, 0.15) is 36.6 Å². The average molecular weight is 351 g/mol. The minimum atomic E-state index is -0.660. The predicted octanol–water partition coefficient (Wildman–Crippen LogP) is 4.52. The highest BCUT2D eigenvalue weighted by Crippen LogP contribution is 2.36. The third-order valence-corrected chi connectivity index (χ3v) is 5.03. The molecule has 3 rings (SSSR count). The number of aliphatic hydroxyl groups excluding tert-OH is 1. The molecule has 1 N–H and O–H groups in total. The van der Waals surface area contributed by atoms with Gasteiger partial charge in [0.25, 0.3) is 0 Å². The second-order valence-electron chi connectivity index (χ2n) is 5.01. The van der Waals surface area contributed by atoms with E-state index in [-0.39, 0.29) is 6.04 Å². The zero-order valence-corrected chi connectivity index (χ0v) is 13.6. The molecule has 2 heterocycles. The Morgan fingerprint density at radius 2 is 2.05 bits per heavy atom. The van der Waals surface area contributed by atoms with Crippen molar-refractivity contribution in [3.05, 3.63) is 51.6 Å². The van der Waals surface area contributed by atoms with Crippen LogP contribution in [0, 0.1) is 0 Å². The van der Waals surface area contributed by atoms with Crippen molar-refractivity contribution in [2.45, 2.75) is 26.0 Å². The fourth-order valence-corrected chi connectivity index (χ4v) is 3.83. The number of hydrogen-bond donors (Lipinski definition) is 1. The van der Waals surface area contributed by atoms with E-state index < -0.39 is 6.10 Å². The fraction of sp³-hybridized carbons (Fsp3) is 0.267. The van der Waals surface area contributed by atoms with Crippen LogP contribution in [0.4, 0.5) is 0 Å². The van der Waals surface area contributed by atoms with Gasteiger partial charge in [0, 0.05) is 15.6 Å². The number of fused-ring (bicyclic) bond motifs is 1. The van der Waals surface area contributed by atoms with Crippen molar-refractivity contribution in [1.29, 1.82) is 0 Å². The molecule has 0 aliphatic carbocycles. The summed E-state index contributed by atoms with van der Waals surface area (Å²) in [5.74, 6) is 0. The zero-order valence-electron chi connectivity index (χ0n) is 11.2. The first-order valence-corrected chi connectivity index (χ1v) is 8.08. The minimum absolute atomic E-state index is 0.209. The van der Waals surface area contributed by atoms with Gasteiger partial charge in [-0.3, -0.25) is 4.68 Å². The van der Waals surface area contributed by atoms with Crippen LogP contribution >= 0.6 is 27.3 Å². The number of rotatable bonds is 3. The van der Waals surface area contributed by atoms with Gasteiger partial charge >= 0.3 is 0 Å². The van der Waals surface area contributed by atoms with Crippen LogP contribution in [0.15, 0.2) is 41.0 Å². The summed E-state index contributed by atoms with van der Waals surface area (Å²) in [6, 6.07) is 10.4. The van der Waals surface area contributed by atoms with Crippen molar-refractivity contribution in [3.63, 3.8) is 0 Å². The first-order chi connectivity index (χ1) is 9.58. The lowest BCUT2D eigenvalue weighted by molar-refractivity contribution is 0.208. The number of benzene rings is 1. The Morgan fingerprint density at radius 3 is 2.75 bits per heavy atom. The third kappa shape index (κ3) is 2.30. The summed E-state index contributed by atoms with van der Waals surface area (Å²) in [5, 5.41) is 16.2. The minimum Gasteiger partial charge on any atom is -0.381 e. The Morgan fingerprint density at radius 1 is 1.30 bits per heavy atom. The molecule has 5 heteroatoms. The molecule has 1 unspecified atom stereocenters. The summed E-state index contributed by atoms with van der Waals surface area (Å²) >= 11 is 5.11. The van der Waals surface area contributed by atoms with Gasteiger partial charge in [0.15, 0.2) is 0 Å². The van der Waals surface area contributed by atoms with E-state index in [4.69, 9.17) is 0 Å². The molecule has 1 aromatic carbocycles. The van der Waals surface area contributed by atoms with Gasteiger partial charge in [0.2, 0.25) is 0 Å². The van der Waals surface area contributed by atoms with E-state index in [9.17, 15) is 5.11 Å². The highest BCUT2D eigenvalue weighted by molar-refractivity contribution is 9.10. The van der Waals surface area contributed by atoms with Crippen molar-refractivity contribution < 1.29 is 5.11 Å². The van der Waals surface area contributed by atoms with Gasteiger partial charge in [0.05, 0.1) is 16.4 Å². The molecule has 3 nitrogen and oxygen atoms in total. The first kappa shape index (κ1) is 13.8. The summed E-state index contributed by atoms with van der Waals surface area (Å²) in [4.78, 5) is 0.939. The van der Waals surface area contributed by atoms with Crippen LogP contribution in [-0.2, 0) is 0 Å². The molecule has 20 heavy (non-hydrogen) atoms. The van der Waals surface area contributed by atoms with Crippen molar-refractivity contribution in [3.8, 4) is 0 Å². The fourth-order valence-electron chi connectivity index (χ4n) is 2.29. The number of aromatic nitrogens is 2. The van der Waals surface area contributed by atoms with E-state index in [0.717, 1.165) is 15.0 Å². The molecule has 0 bridgehead atoms. The summed E-state index contributed by atoms with van der Waals surface area (Å²) in [6.07, 6.45) is 1.08. The summed E-state index contributed by atoms with van der Waals surface area (Å²) in [5.41, 5.74) is 0.812. The normalized spacial score (nSPS) is 13.2. The van der Waals surface area contributed by atoms with Crippen molar-refractivity contribution in [2.24, 2.45) is 0 Å². The highest BCUT2D eigenvalue weighted by Gasteiger charge is 2.22. The van der Waals surface area contributed by atoms with E-state index >= 15 is 0 Å². The molecule has 3 aromatic rings. The molecule has 2 aromatic heterocycles. The van der Waals surface area contributed by atoms with Crippen molar-refractivity contribution in [1.82, 2.24) is 9.78 Å². The number of halogens is 1. The lowest BCUT2D eigenvalue weighted by Crippen LogP contribution is -2.11. The van der Waals surface area contributed by atoms with E-state index in [1.807, 2.05) is 16.8 Å². The van der Waals surface area contributed by atoms with E-state index in [1.54, 1.807) is 17.5 Å². The Hall–Kier alpha value is -1.17. The SMILES string of the molecule is CC(C)n1ncc(Br)c1C(O)c1cc2ccccc2s1. The van der Waals surface area contributed by atoms with Crippen LogP contribution in [0.5, 0.6) is 0 Å². The summed E-state index contributed by atoms with van der Waals surface area (Å²) in [6.45, 7) is 4.11. The molecule has 0 amide bonds. The van der Waals surface area contributed by atoms with Gasteiger partial charge in [-0.25, -0.2) is 0 Å². The maximum absolute atomic E-state index is 10.7. The number of aliphatic hydroxyl groups is 1. The largest absolute Gasteiger partial charge is 0.381 e. The van der Waals surface area contributed by atoms with Gasteiger partial charge < -0.3 is 5.11 Å². The second kappa shape index (κ2) is 5.31. The van der Waals surface area contributed by atoms with Gasteiger partial charge in [-0.15, -0.1) is 11.3 Å². The molecular weight excluding hydrogens is 336 g/mol. The number of nitrogens with zero attached hydrogens (tertiary/aromatic N) is 2. The second-order valence-corrected chi connectivity index (χ2v) is 6.97. The molecule has 0 saturated heterocycles. The smallest absolute Gasteiger partial charge is 0.131 e. The van der Waals surface area contributed by atoms with Crippen LogP contribution in [0.3, 0.4) is 0 Å². The van der Waals surface area contributed by atoms with Gasteiger partial charge in [0.1, 0.15) is 6.10 Å². The summed E-state index contributed by atoms with van der Waals surface area (Å²) in [7, 11) is 0. The zero-order chi connectivity index (χ0) is 14.3. The molecule has 0 aliphatic heterocycles. The quantitative estimate of drug-likeness (QED) is 0.753. The van der Waals surface area contributed by atoms with Gasteiger partial charge in [-0.2, -0.15) is 5.10 Å². The Kier molecular flexibility index (Phi) is 3.67. The summed E-state index contributed by atoms with van der Waals surface area (Å²) < 4.78 is 3.89. The van der Waals surface area contributed by atoms with Crippen LogP contribution in [0.2, 0.25) is 0 Å². The molecule has 1 atom stereocenters. The number of thiophene rings is 1. The maximum atomic E-state index is 10.7. The monoisotopic (exact) mass is 350 g/mol. The molecule has 0 aliphatic rings. The Labute approximate surface area is 130 Å². The standard InChI is InChI=1S/C15H15BrN2OS/c1-9(2)18-14(11(16)8-17-18)15(19)13-7-10-5-3-4-6-12(10)20-13/h3-9,15,19H,1-2H3. The molecule has 0 saturated carbocycles. The van der Waals surface area contributed by atoms with E-state index in [1.165, 1.54) is 10.1 Å². The lowest BCUT2D eigenvalue weighted by Gasteiger charge is -2.15. The van der Waals surface area contributed by atoms with E-state index in [0.29, 0.717) is 0 Å². The molecule has 0 radical (unpaired) electrons. The van der Waals surface area contributed by atoms with Gasteiger partial charge in [-0.05, 0) is 47.3 Å². The predicted molar refractivity (Wildman–Crippen MR) is 86.2 cm³/mol. The molecule has 104 valence electrons. The molecule has 0 fully saturated rings. The van der Waals surface area contributed by atoms with Crippen LogP contribution in [0.25, 0.3) is 10.1 Å². The van der Waals surface area contributed by atoms with Crippen molar-refractivity contribution in [2.75, 3.05) is 0 Å². The van der Waals surface area contributed by atoms with Gasteiger partial charge in [-0.1, -0.05) is 18.2 Å². The maximum Gasteiger partial charge on any atom is 0.131 e. The molecule has 0 spiro atoms. The Bertz CT molecular complexity index is 714. The van der Waals surface area contributed by atoms with E-state index in [2.05, 4.69) is 53.1 Å². The van der Waals surface area contributed by atoms with Crippen molar-refractivity contribution >= 4 is 37.4 Å². The topological polar surface area (TPSA) is 38.0 Å². The van der Waals surface area contributed by atoms with Crippen LogP contribution < -0.4 is 0 Å². The van der Waals surface area contributed by atoms with Crippen LogP contribution in [-0.4, -0.2) is 14.9 Å². The number of hydrogen-bond acceptors (Lipinski definition) is 3.